The zero-order valence-electron chi connectivity index (χ0n) is 12.2. The van der Waals surface area contributed by atoms with Crippen molar-refractivity contribution in [3.05, 3.63) is 35.4 Å². The van der Waals surface area contributed by atoms with E-state index in [1.807, 2.05) is 7.05 Å². The molecule has 1 N–H and O–H groups in total. The highest BCUT2D eigenvalue weighted by Crippen LogP contribution is 2.17. The molecule has 2 rings (SSSR count). The number of likely N-dealkylation sites (N-methyl/N-ethyl adjacent to an activating group) is 1. The maximum absolute atomic E-state index is 5.78. The van der Waals surface area contributed by atoms with E-state index in [1.165, 1.54) is 11.1 Å². The average Bonchev–Trinajstić information content (AvgIpc) is 2.46. The smallest absolute Gasteiger partial charge is 0.0965 e. The first kappa shape index (κ1) is 14.5. The van der Waals surface area contributed by atoms with Gasteiger partial charge in [0.15, 0.2) is 0 Å². The summed E-state index contributed by atoms with van der Waals surface area (Å²) in [6.45, 7) is 6.55. The zero-order chi connectivity index (χ0) is 13.7. The monoisotopic (exact) mass is 263 g/mol. The molecule has 1 aliphatic rings. The first-order valence-corrected chi connectivity index (χ1v) is 7.16. The Labute approximate surface area is 116 Å². The molecule has 3 heteroatoms. The van der Waals surface area contributed by atoms with Crippen molar-refractivity contribution in [2.45, 2.75) is 38.3 Å². The van der Waals surface area contributed by atoms with Gasteiger partial charge in [0.2, 0.25) is 0 Å². The van der Waals surface area contributed by atoms with Crippen molar-refractivity contribution < 1.29 is 9.47 Å². The third kappa shape index (κ3) is 4.03. The maximum atomic E-state index is 5.78. The Morgan fingerprint density at radius 3 is 2.47 bits per heavy atom. The van der Waals surface area contributed by atoms with Crippen LogP contribution in [-0.4, -0.2) is 39.0 Å². The van der Waals surface area contributed by atoms with Crippen LogP contribution in [0.2, 0.25) is 0 Å². The summed E-state index contributed by atoms with van der Waals surface area (Å²) in [5.74, 6) is 0.587. The average molecular weight is 263 g/mol. The molecular weight excluding hydrogens is 238 g/mol. The molecule has 0 aliphatic carbocycles. The van der Waals surface area contributed by atoms with Crippen LogP contribution in [0.5, 0.6) is 0 Å². The quantitative estimate of drug-likeness (QED) is 0.884. The maximum Gasteiger partial charge on any atom is 0.0965 e. The van der Waals surface area contributed by atoms with Crippen LogP contribution in [-0.2, 0) is 15.9 Å². The van der Waals surface area contributed by atoms with Crippen LogP contribution in [0.25, 0.3) is 0 Å². The van der Waals surface area contributed by atoms with Gasteiger partial charge in [0.25, 0.3) is 0 Å². The number of rotatable bonds is 5. The molecular formula is C16H25NO2. The first-order chi connectivity index (χ1) is 9.20. The molecule has 0 radical (unpaired) electrons. The summed E-state index contributed by atoms with van der Waals surface area (Å²) in [6, 6.07) is 9.22. The fourth-order valence-electron chi connectivity index (χ4n) is 2.45. The molecule has 0 saturated carbocycles. The van der Waals surface area contributed by atoms with E-state index < -0.39 is 0 Å². The van der Waals surface area contributed by atoms with E-state index in [0.29, 0.717) is 25.2 Å². The fraction of sp³-hybridized carbons (Fsp3) is 0.625. The van der Waals surface area contributed by atoms with Crippen molar-refractivity contribution in [3.8, 4) is 0 Å². The first-order valence-electron chi connectivity index (χ1n) is 7.16. The van der Waals surface area contributed by atoms with E-state index >= 15 is 0 Å². The second-order valence-electron chi connectivity index (χ2n) is 5.48. The summed E-state index contributed by atoms with van der Waals surface area (Å²) in [6.07, 6.45) is 1.13. The number of hydrogen-bond acceptors (Lipinski definition) is 3. The van der Waals surface area contributed by atoms with E-state index in [-0.39, 0.29) is 6.10 Å². The molecule has 3 nitrogen and oxygen atoms in total. The summed E-state index contributed by atoms with van der Waals surface area (Å²) in [4.78, 5) is 0. The summed E-state index contributed by atoms with van der Waals surface area (Å²) < 4.78 is 11.3. The Balaban J connectivity index is 1.97. The SMILES string of the molecule is CNC(Cc1ccc(C(C)C)cc1)C1COCCO1. The molecule has 1 saturated heterocycles. The van der Waals surface area contributed by atoms with Gasteiger partial charge >= 0.3 is 0 Å². The molecule has 1 aliphatic heterocycles. The lowest BCUT2D eigenvalue weighted by atomic mass is 9.97. The molecule has 19 heavy (non-hydrogen) atoms. The van der Waals surface area contributed by atoms with E-state index in [0.717, 1.165) is 13.0 Å². The predicted molar refractivity (Wildman–Crippen MR) is 77.6 cm³/mol. The second-order valence-corrected chi connectivity index (χ2v) is 5.48. The third-order valence-electron chi connectivity index (χ3n) is 3.76. The lowest BCUT2D eigenvalue weighted by Crippen LogP contribution is -2.46. The second kappa shape index (κ2) is 7.04. The van der Waals surface area contributed by atoms with Crippen LogP contribution in [0.3, 0.4) is 0 Å². The summed E-state index contributed by atoms with van der Waals surface area (Å²) in [7, 11) is 1.99. The van der Waals surface area contributed by atoms with E-state index in [4.69, 9.17) is 9.47 Å². The molecule has 0 bridgehead atoms. The van der Waals surface area contributed by atoms with Gasteiger partial charge in [-0.1, -0.05) is 38.1 Å². The van der Waals surface area contributed by atoms with Crippen LogP contribution in [0.4, 0.5) is 0 Å². The van der Waals surface area contributed by atoms with E-state index in [2.05, 4.69) is 43.4 Å². The number of ether oxygens (including phenoxy) is 2. The Kier molecular flexibility index (Phi) is 5.37. The van der Waals surface area contributed by atoms with Gasteiger partial charge in [-0.15, -0.1) is 0 Å². The summed E-state index contributed by atoms with van der Waals surface area (Å²) in [5.41, 5.74) is 2.74. The standard InChI is InChI=1S/C16H25NO2/c1-12(2)14-6-4-13(5-7-14)10-15(17-3)16-11-18-8-9-19-16/h4-7,12,15-17H,8-11H2,1-3H3. The Morgan fingerprint density at radius 1 is 1.21 bits per heavy atom. The van der Waals surface area contributed by atoms with Crippen LogP contribution in [0.15, 0.2) is 24.3 Å². The number of nitrogens with one attached hydrogen (secondary N) is 1. The predicted octanol–water partition coefficient (Wildman–Crippen LogP) is 2.36. The summed E-state index contributed by atoms with van der Waals surface area (Å²) >= 11 is 0. The zero-order valence-corrected chi connectivity index (χ0v) is 12.2. The number of benzene rings is 1. The minimum Gasteiger partial charge on any atom is -0.376 e. The van der Waals surface area contributed by atoms with Crippen molar-refractivity contribution in [2.75, 3.05) is 26.9 Å². The normalized spacial score (nSPS) is 21.6. The van der Waals surface area contributed by atoms with Crippen LogP contribution in [0.1, 0.15) is 30.9 Å². The molecule has 106 valence electrons. The minimum absolute atomic E-state index is 0.156. The molecule has 0 spiro atoms. The van der Waals surface area contributed by atoms with Gasteiger partial charge in [0.1, 0.15) is 0 Å². The van der Waals surface area contributed by atoms with E-state index in [1.54, 1.807) is 0 Å². The molecule has 1 aromatic carbocycles. The van der Waals surface area contributed by atoms with Gasteiger partial charge in [-0.05, 0) is 30.5 Å². The molecule has 2 unspecified atom stereocenters. The van der Waals surface area contributed by atoms with Gasteiger partial charge < -0.3 is 14.8 Å². The van der Waals surface area contributed by atoms with Crippen LogP contribution >= 0.6 is 0 Å². The van der Waals surface area contributed by atoms with Crippen LogP contribution < -0.4 is 5.32 Å². The Hall–Kier alpha value is -0.900. The number of hydrogen-bond donors (Lipinski definition) is 1. The molecule has 0 aromatic heterocycles. The van der Waals surface area contributed by atoms with Crippen molar-refractivity contribution in [3.63, 3.8) is 0 Å². The van der Waals surface area contributed by atoms with Crippen LogP contribution in [0, 0.1) is 0 Å². The lowest BCUT2D eigenvalue weighted by Gasteiger charge is -2.30. The van der Waals surface area contributed by atoms with Gasteiger partial charge in [-0.3, -0.25) is 0 Å². The topological polar surface area (TPSA) is 30.5 Å². The van der Waals surface area contributed by atoms with E-state index in [9.17, 15) is 0 Å². The van der Waals surface area contributed by atoms with Crippen molar-refractivity contribution >= 4 is 0 Å². The third-order valence-corrected chi connectivity index (χ3v) is 3.76. The fourth-order valence-corrected chi connectivity index (χ4v) is 2.45. The van der Waals surface area contributed by atoms with Gasteiger partial charge in [-0.2, -0.15) is 0 Å². The molecule has 1 fully saturated rings. The Bertz CT molecular complexity index is 369. The highest BCUT2D eigenvalue weighted by atomic mass is 16.6. The highest BCUT2D eigenvalue weighted by Gasteiger charge is 2.23. The molecule has 0 amide bonds. The summed E-state index contributed by atoms with van der Waals surface area (Å²) in [5, 5.41) is 3.35. The Morgan fingerprint density at radius 2 is 1.95 bits per heavy atom. The van der Waals surface area contributed by atoms with Crippen molar-refractivity contribution in [1.82, 2.24) is 5.32 Å². The minimum atomic E-state index is 0.156. The van der Waals surface area contributed by atoms with Gasteiger partial charge in [0.05, 0.1) is 25.9 Å². The molecule has 1 heterocycles. The molecule has 1 aromatic rings. The lowest BCUT2D eigenvalue weighted by molar-refractivity contribution is -0.100. The highest BCUT2D eigenvalue weighted by molar-refractivity contribution is 5.25. The van der Waals surface area contributed by atoms with Gasteiger partial charge in [-0.25, -0.2) is 0 Å². The van der Waals surface area contributed by atoms with Gasteiger partial charge in [0, 0.05) is 6.04 Å². The van der Waals surface area contributed by atoms with Crippen molar-refractivity contribution in [1.29, 1.82) is 0 Å². The van der Waals surface area contributed by atoms with Crippen molar-refractivity contribution in [2.24, 2.45) is 0 Å². The largest absolute Gasteiger partial charge is 0.376 e. The molecule has 2 atom stereocenters.